The van der Waals surface area contributed by atoms with Gasteiger partial charge in [-0.1, -0.05) is 60.7 Å². The maximum absolute atomic E-state index is 13.7. The summed E-state index contributed by atoms with van der Waals surface area (Å²) >= 11 is 0. The average Bonchev–Trinajstić information content (AvgIpc) is 2.78. The van der Waals surface area contributed by atoms with Crippen LogP contribution in [0.25, 0.3) is 11.5 Å². The summed E-state index contributed by atoms with van der Waals surface area (Å²) in [6.07, 6.45) is 0.938. The van der Waals surface area contributed by atoms with Crippen LogP contribution in [0, 0.1) is 0 Å². The van der Waals surface area contributed by atoms with Gasteiger partial charge in [-0.2, -0.15) is 0 Å². The molecule has 1 fully saturated rings. The summed E-state index contributed by atoms with van der Waals surface area (Å²) in [6, 6.07) is 19.7. The van der Waals surface area contributed by atoms with E-state index in [4.69, 9.17) is 9.47 Å². The Kier molecular flexibility index (Phi) is 6.63. The summed E-state index contributed by atoms with van der Waals surface area (Å²) in [5, 5.41) is 3.30. The molecule has 2 heterocycles. The van der Waals surface area contributed by atoms with Gasteiger partial charge >= 0.3 is 0 Å². The van der Waals surface area contributed by atoms with Crippen LogP contribution < -0.4 is 5.09 Å². The molecule has 0 unspecified atom stereocenters. The zero-order valence-electron chi connectivity index (χ0n) is 16.5. The van der Waals surface area contributed by atoms with Crippen molar-refractivity contribution in [3.63, 3.8) is 0 Å². The summed E-state index contributed by atoms with van der Waals surface area (Å²) in [7, 11) is -2.87. The van der Waals surface area contributed by atoms with Gasteiger partial charge < -0.3 is 9.47 Å². The van der Waals surface area contributed by atoms with Crippen LogP contribution in [0.5, 0.6) is 0 Å². The molecule has 5 nitrogen and oxygen atoms in total. The predicted molar refractivity (Wildman–Crippen MR) is 117 cm³/mol. The second-order valence-corrected chi connectivity index (χ2v) is 9.50. The molecule has 0 amide bonds. The summed E-state index contributed by atoms with van der Waals surface area (Å²) in [6.45, 7) is 5.22. The topological polar surface area (TPSA) is 50.8 Å². The third-order valence-electron chi connectivity index (χ3n) is 5.07. The number of morpholine rings is 1. The molecule has 29 heavy (non-hydrogen) atoms. The maximum Gasteiger partial charge on any atom is 0.198 e. The molecule has 0 radical (unpaired) electrons. The third-order valence-corrected chi connectivity index (χ3v) is 7.02. The molecule has 0 aromatic heterocycles. The number of rotatable bonds is 7. The molecule has 152 valence electrons. The number of ether oxygens (including phenoxy) is 2. The molecule has 0 spiro atoms. The molecule has 1 saturated heterocycles. The lowest BCUT2D eigenvalue weighted by atomic mass is 10.2. The van der Waals surface area contributed by atoms with Crippen molar-refractivity contribution in [1.29, 1.82) is 0 Å². The van der Waals surface area contributed by atoms with Crippen molar-refractivity contribution in [3.05, 3.63) is 83.4 Å². The number of benzene rings is 2. The van der Waals surface area contributed by atoms with Gasteiger partial charge in [0, 0.05) is 42.4 Å². The van der Waals surface area contributed by atoms with Crippen molar-refractivity contribution in [2.45, 2.75) is 6.42 Å². The third kappa shape index (κ3) is 5.46. The van der Waals surface area contributed by atoms with Gasteiger partial charge in [0.15, 0.2) is 7.29 Å². The van der Waals surface area contributed by atoms with E-state index in [0.29, 0.717) is 18.1 Å². The number of nitrogens with zero attached hydrogens (tertiary/aromatic N) is 1. The molecular weight excluding hydrogens is 383 g/mol. The fourth-order valence-electron chi connectivity index (χ4n) is 3.50. The lowest BCUT2D eigenvalue weighted by molar-refractivity contribution is 0.0376. The normalized spacial score (nSPS) is 19.2. The van der Waals surface area contributed by atoms with Gasteiger partial charge in [0.2, 0.25) is 0 Å². The van der Waals surface area contributed by atoms with Crippen LogP contribution in [0.4, 0.5) is 0 Å². The summed E-state index contributed by atoms with van der Waals surface area (Å²) in [5.74, 6) is 4.78. The highest BCUT2D eigenvalue weighted by molar-refractivity contribution is 7.68. The van der Waals surface area contributed by atoms with Gasteiger partial charge in [0.25, 0.3) is 0 Å². The summed E-state index contributed by atoms with van der Waals surface area (Å²) in [4.78, 5) is 2.39. The Morgan fingerprint density at radius 3 is 1.97 bits per heavy atom. The van der Waals surface area contributed by atoms with E-state index < -0.39 is 7.29 Å². The van der Waals surface area contributed by atoms with Crippen molar-refractivity contribution in [2.75, 3.05) is 39.4 Å². The van der Waals surface area contributed by atoms with Gasteiger partial charge in [0.1, 0.15) is 11.5 Å². The zero-order valence-corrected chi connectivity index (χ0v) is 17.4. The van der Waals surface area contributed by atoms with E-state index >= 15 is 0 Å². The molecule has 2 aliphatic heterocycles. The highest BCUT2D eigenvalue weighted by atomic mass is 31.2. The largest absolute Gasteiger partial charge is 0.456 e. The van der Waals surface area contributed by atoms with Crippen molar-refractivity contribution in [1.82, 2.24) is 9.99 Å². The quantitative estimate of drug-likeness (QED) is 0.534. The second kappa shape index (κ2) is 9.55. The Morgan fingerprint density at radius 1 is 0.862 bits per heavy atom. The molecule has 1 N–H and O–H groups in total. The second-order valence-electron chi connectivity index (χ2n) is 7.25. The van der Waals surface area contributed by atoms with Crippen LogP contribution in [-0.2, 0) is 14.0 Å². The Bertz CT molecular complexity index is 847. The minimum absolute atomic E-state index is 0.635. The van der Waals surface area contributed by atoms with E-state index in [1.165, 1.54) is 0 Å². The fraction of sp³-hybridized carbons (Fsp3) is 0.304. The van der Waals surface area contributed by atoms with Crippen LogP contribution in [0.1, 0.15) is 17.5 Å². The van der Waals surface area contributed by atoms with E-state index in [-0.39, 0.29) is 0 Å². The molecule has 2 aromatic carbocycles. The molecular formula is C23H27N2O3P. The monoisotopic (exact) mass is 410 g/mol. The van der Waals surface area contributed by atoms with Gasteiger partial charge in [-0.3, -0.25) is 14.6 Å². The predicted octanol–water partition coefficient (Wildman–Crippen LogP) is 4.60. The fourth-order valence-corrected chi connectivity index (χ4v) is 5.37. The highest BCUT2D eigenvalue weighted by Crippen LogP contribution is 2.53. The van der Waals surface area contributed by atoms with Gasteiger partial charge in [0.05, 0.1) is 13.2 Å². The minimum Gasteiger partial charge on any atom is -0.456 e. The molecule has 0 aliphatic carbocycles. The molecule has 2 aromatic rings. The number of hydrogen-bond donors (Lipinski definition) is 1. The Balaban J connectivity index is 1.49. The van der Waals surface area contributed by atoms with Crippen molar-refractivity contribution in [3.8, 4) is 0 Å². The van der Waals surface area contributed by atoms with E-state index in [2.05, 4.69) is 9.99 Å². The number of nitrogens with one attached hydrogen (secondary N) is 1. The summed E-state index contributed by atoms with van der Waals surface area (Å²) in [5.41, 5.74) is 1.84. The first-order chi connectivity index (χ1) is 14.2. The van der Waals surface area contributed by atoms with Crippen LogP contribution in [0.2, 0.25) is 0 Å². The Hall–Kier alpha value is -2.17. The molecule has 4 rings (SSSR count). The molecule has 2 aliphatic rings. The standard InChI is InChI=1S/C23H27N2O3P/c26-29(24-12-7-13-25-14-16-27-17-15-25)18-22(20-8-3-1-4-9-20)28-23(19-29)21-10-5-2-6-11-21/h1-6,8-11,18-19H,7,12-17H2,(H,24,26). The highest BCUT2D eigenvalue weighted by Gasteiger charge is 2.26. The SMILES string of the molecule is O=P1(NCCCN2CCOCC2)C=C(c2ccccc2)OC(c2ccccc2)=C1. The Morgan fingerprint density at radius 2 is 1.41 bits per heavy atom. The van der Waals surface area contributed by atoms with Gasteiger partial charge in [-0.15, -0.1) is 0 Å². The van der Waals surface area contributed by atoms with Gasteiger partial charge in [-0.25, -0.2) is 0 Å². The molecule has 6 heteroatoms. The smallest absolute Gasteiger partial charge is 0.198 e. The first-order valence-electron chi connectivity index (χ1n) is 10.1. The summed E-state index contributed by atoms with van der Waals surface area (Å²) < 4.78 is 25.2. The zero-order chi connectivity index (χ0) is 19.9. The van der Waals surface area contributed by atoms with E-state index in [1.807, 2.05) is 60.7 Å². The van der Waals surface area contributed by atoms with E-state index in [1.54, 1.807) is 11.6 Å². The van der Waals surface area contributed by atoms with Crippen LogP contribution >= 0.6 is 7.29 Å². The van der Waals surface area contributed by atoms with Crippen molar-refractivity contribution in [2.24, 2.45) is 0 Å². The van der Waals surface area contributed by atoms with Crippen LogP contribution in [0.15, 0.2) is 72.3 Å². The van der Waals surface area contributed by atoms with Crippen molar-refractivity contribution >= 4 is 18.8 Å². The lowest BCUT2D eigenvalue weighted by Gasteiger charge is -2.27. The molecule has 0 bridgehead atoms. The minimum atomic E-state index is -2.87. The average molecular weight is 410 g/mol. The maximum atomic E-state index is 13.7. The number of hydrogen-bond acceptors (Lipinski definition) is 4. The first-order valence-corrected chi connectivity index (χ1v) is 12.0. The first kappa shape index (κ1) is 20.1. The van der Waals surface area contributed by atoms with Crippen LogP contribution in [0.3, 0.4) is 0 Å². The van der Waals surface area contributed by atoms with Crippen LogP contribution in [-0.4, -0.2) is 44.3 Å². The molecule has 0 atom stereocenters. The van der Waals surface area contributed by atoms with Crippen molar-refractivity contribution < 1.29 is 14.0 Å². The van der Waals surface area contributed by atoms with Gasteiger partial charge in [-0.05, 0) is 13.0 Å². The Labute approximate surface area is 172 Å². The lowest BCUT2D eigenvalue weighted by Crippen LogP contribution is -2.37. The van der Waals surface area contributed by atoms with E-state index in [0.717, 1.165) is 50.4 Å². The molecule has 0 saturated carbocycles. The van der Waals surface area contributed by atoms with E-state index in [9.17, 15) is 4.57 Å².